The minimum Gasteiger partial charge on any atom is -0.491 e. The van der Waals surface area contributed by atoms with Gasteiger partial charge < -0.3 is 4.74 Å². The van der Waals surface area contributed by atoms with Crippen molar-refractivity contribution in [1.82, 2.24) is 5.43 Å². The third-order valence-electron chi connectivity index (χ3n) is 3.88. The van der Waals surface area contributed by atoms with Crippen LogP contribution in [0, 0.1) is 0 Å². The number of carbonyl (C=O) groups is 1. The summed E-state index contributed by atoms with van der Waals surface area (Å²) in [6, 6.07) is 13.4. The lowest BCUT2D eigenvalue weighted by molar-refractivity contribution is -0.120. The van der Waals surface area contributed by atoms with Gasteiger partial charge in [0, 0.05) is 0 Å². The number of benzene rings is 2. The Labute approximate surface area is 177 Å². The molecule has 1 N–H and O–H groups in total. The van der Waals surface area contributed by atoms with Gasteiger partial charge in [-0.1, -0.05) is 56.5 Å². The predicted molar refractivity (Wildman–Crippen MR) is 117 cm³/mol. The number of carbonyl (C=O) groups excluding carboxylic acids is 1. The average Bonchev–Trinajstić information content (AvgIpc) is 2.64. The molecule has 1 amide bonds. The van der Waals surface area contributed by atoms with Crippen molar-refractivity contribution >= 4 is 44.0 Å². The van der Waals surface area contributed by atoms with Crippen LogP contribution in [0.1, 0.15) is 43.7 Å². The minimum atomic E-state index is -0.150. The first-order valence-electron chi connectivity index (χ1n) is 9.07. The van der Waals surface area contributed by atoms with E-state index in [0.29, 0.717) is 13.0 Å². The highest BCUT2D eigenvalue weighted by molar-refractivity contribution is 9.11. The largest absolute Gasteiger partial charge is 0.491 e. The molecule has 4 nitrogen and oxygen atoms in total. The van der Waals surface area contributed by atoms with Crippen LogP contribution in [0.4, 0.5) is 0 Å². The molecule has 0 aliphatic carbocycles. The highest BCUT2D eigenvalue weighted by Crippen LogP contribution is 2.34. The van der Waals surface area contributed by atoms with E-state index in [2.05, 4.69) is 49.3 Å². The summed E-state index contributed by atoms with van der Waals surface area (Å²) in [4.78, 5) is 11.9. The number of hydrogen-bond acceptors (Lipinski definition) is 3. The van der Waals surface area contributed by atoms with Crippen LogP contribution in [0.2, 0.25) is 0 Å². The van der Waals surface area contributed by atoms with Gasteiger partial charge in [-0.2, -0.15) is 5.10 Å². The van der Waals surface area contributed by atoms with Gasteiger partial charge in [0.15, 0.2) is 0 Å². The summed E-state index contributed by atoms with van der Waals surface area (Å²) in [6.45, 7) is 2.89. The number of halogens is 2. The van der Waals surface area contributed by atoms with Gasteiger partial charge in [0.25, 0.3) is 0 Å². The molecule has 0 aliphatic heterocycles. The van der Waals surface area contributed by atoms with E-state index < -0.39 is 0 Å². The van der Waals surface area contributed by atoms with E-state index in [1.54, 1.807) is 6.21 Å². The third kappa shape index (κ3) is 7.85. The second-order valence-electron chi connectivity index (χ2n) is 6.18. The van der Waals surface area contributed by atoms with Crippen molar-refractivity contribution < 1.29 is 9.53 Å². The molecule has 0 saturated heterocycles. The smallest absolute Gasteiger partial charge is 0.244 e. The fourth-order valence-electron chi connectivity index (χ4n) is 2.49. The first-order valence-corrected chi connectivity index (χ1v) is 10.7. The van der Waals surface area contributed by atoms with Crippen molar-refractivity contribution in [1.29, 1.82) is 0 Å². The summed E-state index contributed by atoms with van der Waals surface area (Å²) in [6.07, 6.45) is 6.59. The summed E-state index contributed by atoms with van der Waals surface area (Å²) < 4.78 is 7.57. The molecule has 6 heteroatoms. The number of nitrogens with one attached hydrogen (secondary N) is 1. The standard InChI is InChI=1S/C21H24Br2N2O2/c1-2-3-4-8-11-27-21-18(22)12-17(13-19(21)23)15-24-25-20(26)14-16-9-6-5-7-10-16/h5-7,9-10,12-13,15H,2-4,8,11,14H2,1H3,(H,25,26). The highest BCUT2D eigenvalue weighted by Gasteiger charge is 2.08. The molecule has 0 unspecified atom stereocenters. The molecule has 144 valence electrons. The zero-order valence-electron chi connectivity index (χ0n) is 15.4. The van der Waals surface area contributed by atoms with E-state index in [9.17, 15) is 4.79 Å². The van der Waals surface area contributed by atoms with Gasteiger partial charge in [-0.15, -0.1) is 0 Å². The maximum atomic E-state index is 11.9. The Morgan fingerprint density at radius 2 is 1.81 bits per heavy atom. The normalized spacial score (nSPS) is 10.9. The van der Waals surface area contributed by atoms with Gasteiger partial charge >= 0.3 is 0 Å². The Morgan fingerprint density at radius 1 is 1.11 bits per heavy atom. The molecule has 0 aliphatic rings. The van der Waals surface area contributed by atoms with Crippen molar-refractivity contribution in [2.24, 2.45) is 5.10 Å². The van der Waals surface area contributed by atoms with Crippen molar-refractivity contribution in [3.8, 4) is 5.75 Å². The van der Waals surface area contributed by atoms with Crippen LogP contribution < -0.4 is 10.2 Å². The Hall–Kier alpha value is -1.66. The van der Waals surface area contributed by atoms with E-state index in [1.165, 1.54) is 19.3 Å². The zero-order valence-corrected chi connectivity index (χ0v) is 18.6. The van der Waals surface area contributed by atoms with E-state index in [1.807, 2.05) is 42.5 Å². The number of hydrogen-bond donors (Lipinski definition) is 1. The van der Waals surface area contributed by atoms with Gasteiger partial charge in [0.2, 0.25) is 5.91 Å². The van der Waals surface area contributed by atoms with Crippen molar-refractivity contribution in [2.75, 3.05) is 6.61 Å². The molecule has 0 fully saturated rings. The molecule has 0 radical (unpaired) electrons. The topological polar surface area (TPSA) is 50.7 Å². The Morgan fingerprint density at radius 3 is 2.48 bits per heavy atom. The molecule has 0 saturated carbocycles. The van der Waals surface area contributed by atoms with Gasteiger partial charge in [0.1, 0.15) is 5.75 Å². The van der Waals surface area contributed by atoms with Crippen molar-refractivity contribution in [3.05, 3.63) is 62.5 Å². The third-order valence-corrected chi connectivity index (χ3v) is 5.05. The molecule has 0 atom stereocenters. The number of nitrogens with zero attached hydrogens (tertiary/aromatic N) is 1. The van der Waals surface area contributed by atoms with Crippen LogP contribution in [0.25, 0.3) is 0 Å². The van der Waals surface area contributed by atoms with Gasteiger partial charge in [-0.3, -0.25) is 4.79 Å². The molecule has 0 aromatic heterocycles. The number of amides is 1. The highest BCUT2D eigenvalue weighted by atomic mass is 79.9. The Balaban J connectivity index is 1.87. The Bertz CT molecular complexity index is 741. The molecule has 2 aromatic rings. The average molecular weight is 496 g/mol. The van der Waals surface area contributed by atoms with Gasteiger partial charge in [-0.05, 0) is 61.5 Å². The SMILES string of the molecule is CCCCCCOc1c(Br)cc(C=NNC(=O)Cc2ccccc2)cc1Br. The number of ether oxygens (including phenoxy) is 1. The van der Waals surface area contributed by atoms with Crippen LogP contribution in [0.15, 0.2) is 56.5 Å². The summed E-state index contributed by atoms with van der Waals surface area (Å²) in [7, 11) is 0. The number of hydrazone groups is 1. The maximum absolute atomic E-state index is 11.9. The maximum Gasteiger partial charge on any atom is 0.244 e. The fraction of sp³-hybridized carbons (Fsp3) is 0.333. The van der Waals surface area contributed by atoms with Crippen LogP contribution in [0.5, 0.6) is 5.75 Å². The second kappa shape index (κ2) is 11.9. The van der Waals surface area contributed by atoms with E-state index in [-0.39, 0.29) is 5.91 Å². The minimum absolute atomic E-state index is 0.150. The lowest BCUT2D eigenvalue weighted by Gasteiger charge is -2.11. The van der Waals surface area contributed by atoms with Crippen LogP contribution in [-0.4, -0.2) is 18.7 Å². The molecule has 0 spiro atoms. The number of rotatable bonds is 10. The molecule has 0 heterocycles. The van der Waals surface area contributed by atoms with Crippen LogP contribution >= 0.6 is 31.9 Å². The summed E-state index contributed by atoms with van der Waals surface area (Å²) >= 11 is 7.08. The van der Waals surface area contributed by atoms with E-state index in [0.717, 1.165) is 32.2 Å². The summed E-state index contributed by atoms with van der Waals surface area (Å²) in [5.41, 5.74) is 4.36. The lowest BCUT2D eigenvalue weighted by Crippen LogP contribution is -2.19. The second-order valence-corrected chi connectivity index (χ2v) is 7.89. The van der Waals surface area contributed by atoms with Gasteiger partial charge in [-0.25, -0.2) is 5.43 Å². The molecule has 2 rings (SSSR count). The summed E-state index contributed by atoms with van der Waals surface area (Å²) in [5.74, 6) is 0.638. The zero-order chi connectivity index (χ0) is 19.5. The molecule has 2 aromatic carbocycles. The molecule has 27 heavy (non-hydrogen) atoms. The predicted octanol–water partition coefficient (Wildman–Crippen LogP) is 5.86. The van der Waals surface area contributed by atoms with Crippen molar-refractivity contribution in [3.63, 3.8) is 0 Å². The number of unbranched alkanes of at least 4 members (excludes halogenated alkanes) is 3. The summed E-state index contributed by atoms with van der Waals surface area (Å²) in [5, 5.41) is 4.04. The Kier molecular flexibility index (Phi) is 9.56. The van der Waals surface area contributed by atoms with Crippen molar-refractivity contribution in [2.45, 2.75) is 39.0 Å². The first-order chi connectivity index (χ1) is 13.1. The van der Waals surface area contributed by atoms with E-state index >= 15 is 0 Å². The van der Waals surface area contributed by atoms with Crippen LogP contribution in [-0.2, 0) is 11.2 Å². The van der Waals surface area contributed by atoms with Crippen LogP contribution in [0.3, 0.4) is 0 Å². The van der Waals surface area contributed by atoms with Gasteiger partial charge in [0.05, 0.1) is 28.2 Å². The molecular weight excluding hydrogens is 472 g/mol. The van der Waals surface area contributed by atoms with E-state index in [4.69, 9.17) is 4.74 Å². The molecular formula is C21H24Br2N2O2. The molecule has 0 bridgehead atoms. The lowest BCUT2D eigenvalue weighted by atomic mass is 10.1. The quantitative estimate of drug-likeness (QED) is 0.255. The fourth-order valence-corrected chi connectivity index (χ4v) is 3.95. The first kappa shape index (κ1) is 21.6. The monoisotopic (exact) mass is 494 g/mol.